The van der Waals surface area contributed by atoms with Gasteiger partial charge in [0.1, 0.15) is 11.6 Å². The van der Waals surface area contributed by atoms with E-state index in [9.17, 15) is 4.39 Å². The lowest BCUT2D eigenvalue weighted by Crippen LogP contribution is -1.98. The van der Waals surface area contributed by atoms with Crippen molar-refractivity contribution in [3.8, 4) is 5.75 Å². The fraction of sp³-hybridized carbons (Fsp3) is 0.600. The Bertz CT molecular complexity index is 402. The van der Waals surface area contributed by atoms with Gasteiger partial charge in [0.05, 0.1) is 16.1 Å². The second-order valence-electron chi connectivity index (χ2n) is 4.71. The number of unbranched alkanes of at least 4 members (excludes halogenated alkanes) is 6. The zero-order valence-electron chi connectivity index (χ0n) is 11.4. The third-order valence-electron chi connectivity index (χ3n) is 3.01. The number of hydrogen-bond acceptors (Lipinski definition) is 1. The van der Waals surface area contributed by atoms with Crippen LogP contribution in [0.3, 0.4) is 0 Å². The van der Waals surface area contributed by atoms with E-state index in [1.807, 2.05) is 0 Å². The predicted molar refractivity (Wildman–Crippen MR) is 90.7 cm³/mol. The molecule has 20 heavy (non-hydrogen) atoms. The van der Waals surface area contributed by atoms with Gasteiger partial charge in [-0.25, -0.2) is 4.39 Å². The van der Waals surface area contributed by atoms with Crippen LogP contribution in [-0.2, 0) is 0 Å². The molecule has 1 aromatic carbocycles. The molecule has 5 heteroatoms. The van der Waals surface area contributed by atoms with Gasteiger partial charge in [0.2, 0.25) is 0 Å². The summed E-state index contributed by atoms with van der Waals surface area (Å²) in [6.45, 7) is 0.612. The summed E-state index contributed by atoms with van der Waals surface area (Å²) in [5, 5.41) is 1.21. The zero-order valence-corrected chi connectivity index (χ0v) is 15.4. The molecule has 0 amide bonds. The highest BCUT2D eigenvalue weighted by Gasteiger charge is 2.07. The maximum Gasteiger partial charge on any atom is 0.145 e. The molecule has 0 radical (unpaired) electrons. The van der Waals surface area contributed by atoms with E-state index in [4.69, 9.17) is 16.3 Å². The molecule has 0 fully saturated rings. The Balaban J connectivity index is 2.11. The molecule has 0 atom stereocenters. The van der Waals surface area contributed by atoms with Gasteiger partial charge in [0.15, 0.2) is 0 Å². The highest BCUT2D eigenvalue weighted by atomic mass is 79.9. The summed E-state index contributed by atoms with van der Waals surface area (Å²) in [4.78, 5) is 0. The normalized spacial score (nSPS) is 10.8. The van der Waals surface area contributed by atoms with Crippen molar-refractivity contribution in [3.05, 3.63) is 27.4 Å². The van der Waals surface area contributed by atoms with Gasteiger partial charge in [-0.2, -0.15) is 0 Å². The molecular weight excluding hydrogens is 410 g/mol. The second-order valence-corrected chi connectivity index (χ2v) is 6.76. The van der Waals surface area contributed by atoms with Crippen LogP contribution < -0.4 is 4.74 Å². The van der Waals surface area contributed by atoms with Gasteiger partial charge in [-0.05, 0) is 34.8 Å². The lowest BCUT2D eigenvalue weighted by atomic mass is 10.1. The second kappa shape index (κ2) is 10.9. The van der Waals surface area contributed by atoms with Crippen LogP contribution in [0.25, 0.3) is 0 Å². The van der Waals surface area contributed by atoms with E-state index in [0.29, 0.717) is 16.8 Å². The zero-order chi connectivity index (χ0) is 14.8. The number of alkyl halides is 1. The maximum atomic E-state index is 13.3. The molecule has 1 rings (SSSR count). The molecule has 0 saturated carbocycles. The Labute approximate surface area is 142 Å². The van der Waals surface area contributed by atoms with Crippen molar-refractivity contribution in [1.29, 1.82) is 0 Å². The molecule has 0 N–H and O–H groups in total. The average Bonchev–Trinajstić information content (AvgIpc) is 2.42. The summed E-state index contributed by atoms with van der Waals surface area (Å²) < 4.78 is 19.6. The summed E-state index contributed by atoms with van der Waals surface area (Å²) in [5.74, 6) is 0.0703. The lowest BCUT2D eigenvalue weighted by Gasteiger charge is -2.09. The van der Waals surface area contributed by atoms with Gasteiger partial charge in [-0.1, -0.05) is 59.6 Å². The number of halogens is 4. The highest BCUT2D eigenvalue weighted by Crippen LogP contribution is 2.30. The molecule has 1 aromatic rings. The van der Waals surface area contributed by atoms with Crippen LogP contribution in [0.5, 0.6) is 5.75 Å². The van der Waals surface area contributed by atoms with Gasteiger partial charge in [-0.15, -0.1) is 0 Å². The Hall–Kier alpha value is 0.200. The lowest BCUT2D eigenvalue weighted by molar-refractivity contribution is 0.301. The molecule has 0 aromatic heterocycles. The Morgan fingerprint density at radius 3 is 2.25 bits per heavy atom. The molecule has 0 unspecified atom stereocenters. The third kappa shape index (κ3) is 7.28. The van der Waals surface area contributed by atoms with Crippen molar-refractivity contribution >= 4 is 43.5 Å². The molecule has 0 aliphatic heterocycles. The first-order valence-corrected chi connectivity index (χ1v) is 9.27. The predicted octanol–water partition coefficient (Wildman–Crippen LogP) is 6.75. The molecule has 0 saturated heterocycles. The van der Waals surface area contributed by atoms with Crippen molar-refractivity contribution in [2.45, 2.75) is 44.9 Å². The SMILES string of the molecule is Fc1cc(OCCCCCCCCCBr)c(Br)cc1Cl. The first kappa shape index (κ1) is 18.2. The van der Waals surface area contributed by atoms with E-state index in [-0.39, 0.29) is 5.02 Å². The van der Waals surface area contributed by atoms with Crippen LogP contribution in [0.15, 0.2) is 16.6 Å². The van der Waals surface area contributed by atoms with Crippen molar-refractivity contribution in [3.63, 3.8) is 0 Å². The van der Waals surface area contributed by atoms with Crippen LogP contribution in [0.1, 0.15) is 44.9 Å². The molecule has 1 nitrogen and oxygen atoms in total. The minimum absolute atomic E-state index is 0.104. The monoisotopic (exact) mass is 428 g/mol. The van der Waals surface area contributed by atoms with E-state index in [0.717, 1.165) is 18.2 Å². The van der Waals surface area contributed by atoms with Gasteiger partial charge < -0.3 is 4.74 Å². The van der Waals surface area contributed by atoms with Crippen molar-refractivity contribution in [2.75, 3.05) is 11.9 Å². The standard InChI is InChI=1S/C15H20Br2ClFO/c16-8-6-4-2-1-3-5-7-9-20-15-11-14(19)13(18)10-12(15)17/h10-11H,1-9H2. The molecule has 0 spiro atoms. The van der Waals surface area contributed by atoms with Crippen LogP contribution in [0.4, 0.5) is 4.39 Å². The summed E-state index contributed by atoms with van der Waals surface area (Å²) in [6, 6.07) is 2.85. The summed E-state index contributed by atoms with van der Waals surface area (Å²) >= 11 is 12.4. The molecular formula is C15H20Br2ClFO. The third-order valence-corrected chi connectivity index (χ3v) is 4.48. The van der Waals surface area contributed by atoms with Crippen molar-refractivity contribution in [1.82, 2.24) is 0 Å². The topological polar surface area (TPSA) is 9.23 Å². The van der Waals surface area contributed by atoms with Gasteiger partial charge in [0, 0.05) is 11.4 Å². The molecule has 114 valence electrons. The first-order chi connectivity index (χ1) is 9.65. The maximum absolute atomic E-state index is 13.3. The molecule has 0 heterocycles. The van der Waals surface area contributed by atoms with Crippen LogP contribution in [0.2, 0.25) is 5.02 Å². The minimum atomic E-state index is -0.448. The number of hydrogen-bond donors (Lipinski definition) is 0. The Morgan fingerprint density at radius 2 is 1.60 bits per heavy atom. The first-order valence-electron chi connectivity index (χ1n) is 6.98. The number of ether oxygens (including phenoxy) is 1. The van der Waals surface area contributed by atoms with Gasteiger partial charge in [0.25, 0.3) is 0 Å². The fourth-order valence-corrected chi connectivity index (χ4v) is 3.03. The summed E-state index contributed by atoms with van der Waals surface area (Å²) in [7, 11) is 0. The van der Waals surface area contributed by atoms with E-state index < -0.39 is 5.82 Å². The Morgan fingerprint density at radius 1 is 1.00 bits per heavy atom. The number of rotatable bonds is 10. The largest absolute Gasteiger partial charge is 0.492 e. The van der Waals surface area contributed by atoms with Crippen molar-refractivity contribution < 1.29 is 9.13 Å². The molecule has 0 bridgehead atoms. The van der Waals surface area contributed by atoms with Gasteiger partial charge >= 0.3 is 0 Å². The van der Waals surface area contributed by atoms with Crippen molar-refractivity contribution in [2.24, 2.45) is 0 Å². The highest BCUT2D eigenvalue weighted by molar-refractivity contribution is 9.10. The van der Waals surface area contributed by atoms with Crippen LogP contribution in [0, 0.1) is 5.82 Å². The average molecular weight is 431 g/mol. The summed E-state index contributed by atoms with van der Waals surface area (Å²) in [6.07, 6.45) is 8.55. The van der Waals surface area contributed by atoms with E-state index >= 15 is 0 Å². The van der Waals surface area contributed by atoms with Crippen LogP contribution in [-0.4, -0.2) is 11.9 Å². The van der Waals surface area contributed by atoms with Crippen LogP contribution >= 0.6 is 43.5 Å². The van der Waals surface area contributed by atoms with E-state index in [1.165, 1.54) is 44.2 Å². The smallest absolute Gasteiger partial charge is 0.145 e. The quantitative estimate of drug-likeness (QED) is 0.227. The van der Waals surface area contributed by atoms with E-state index in [1.54, 1.807) is 0 Å². The fourth-order valence-electron chi connectivity index (χ4n) is 1.88. The minimum Gasteiger partial charge on any atom is -0.492 e. The van der Waals surface area contributed by atoms with E-state index in [2.05, 4.69) is 31.9 Å². The van der Waals surface area contributed by atoms with Gasteiger partial charge in [-0.3, -0.25) is 0 Å². The number of benzene rings is 1. The molecule has 0 aliphatic rings. The summed E-state index contributed by atoms with van der Waals surface area (Å²) in [5.41, 5.74) is 0. The molecule has 0 aliphatic carbocycles. The Kier molecular flexibility index (Phi) is 9.91.